The molecule has 1 heterocycles. The first-order chi connectivity index (χ1) is 13.7. The first-order valence-electron chi connectivity index (χ1n) is 9.41. The molecule has 154 valence electrons. The van der Waals surface area contributed by atoms with Crippen molar-refractivity contribution in [2.45, 2.75) is 45.1 Å². The molecule has 2 atom stereocenters. The smallest absolute Gasteiger partial charge is 0.373 e. The summed E-state index contributed by atoms with van der Waals surface area (Å²) in [6.45, 7) is 4.92. The highest BCUT2D eigenvalue weighted by Gasteiger charge is 2.51. The maximum Gasteiger partial charge on any atom is 0.373 e. The largest absolute Gasteiger partial charge is 0.436 e. The third kappa shape index (κ3) is 4.61. The van der Waals surface area contributed by atoms with Crippen molar-refractivity contribution in [1.29, 1.82) is 0 Å². The van der Waals surface area contributed by atoms with Crippen LogP contribution in [-0.4, -0.2) is 35.0 Å². The number of hydrogen-bond acceptors (Lipinski definition) is 6. The summed E-state index contributed by atoms with van der Waals surface area (Å²) in [5.74, 6) is -2.12. The summed E-state index contributed by atoms with van der Waals surface area (Å²) in [5, 5.41) is 14.2. The Labute approximate surface area is 174 Å². The van der Waals surface area contributed by atoms with Gasteiger partial charge >= 0.3 is 5.79 Å². The van der Waals surface area contributed by atoms with Crippen LogP contribution in [0.15, 0.2) is 42.5 Å². The van der Waals surface area contributed by atoms with Gasteiger partial charge in [0.2, 0.25) is 11.6 Å². The van der Waals surface area contributed by atoms with Crippen molar-refractivity contribution in [2.75, 3.05) is 6.54 Å². The molecule has 0 aliphatic carbocycles. The second kappa shape index (κ2) is 8.53. The number of aliphatic hydroxyl groups is 1. The molecule has 2 unspecified atom stereocenters. The third-order valence-electron chi connectivity index (χ3n) is 4.88. The molecule has 0 fully saturated rings. The van der Waals surface area contributed by atoms with Gasteiger partial charge in [-0.3, -0.25) is 9.59 Å². The van der Waals surface area contributed by atoms with E-state index in [9.17, 15) is 14.7 Å². The molecule has 29 heavy (non-hydrogen) atoms. The van der Waals surface area contributed by atoms with Crippen molar-refractivity contribution in [3.05, 3.63) is 58.6 Å². The molecule has 0 spiro atoms. The van der Waals surface area contributed by atoms with Crippen LogP contribution in [0, 0.1) is 0 Å². The van der Waals surface area contributed by atoms with E-state index < -0.39 is 23.5 Å². The van der Waals surface area contributed by atoms with E-state index in [0.717, 1.165) is 11.1 Å². The zero-order valence-electron chi connectivity index (χ0n) is 16.6. The molecular formula is C22H24ClNO5. The monoisotopic (exact) mass is 417 g/mol. The predicted octanol–water partition coefficient (Wildman–Crippen LogP) is 3.24. The standard InChI is InChI=1S/C22H24ClNO5/c1-13(24-12-19(27)17-5-4-6-18(23)11-17)9-16-7-8-20-21(10-16)29-22(28-20,14(2)25)15(3)26/h4-8,10-11,13,19,24,27H,9,12H2,1-3H3. The summed E-state index contributed by atoms with van der Waals surface area (Å²) in [4.78, 5) is 23.8. The second-order valence-corrected chi connectivity index (χ2v) is 7.73. The predicted molar refractivity (Wildman–Crippen MR) is 109 cm³/mol. The lowest BCUT2D eigenvalue weighted by Gasteiger charge is -2.20. The fourth-order valence-electron chi connectivity index (χ4n) is 3.28. The lowest BCUT2D eigenvalue weighted by molar-refractivity contribution is -0.165. The Bertz CT molecular complexity index is 915. The fraction of sp³-hybridized carbons (Fsp3) is 0.364. The van der Waals surface area contributed by atoms with Crippen LogP contribution in [0.25, 0.3) is 0 Å². The maximum absolute atomic E-state index is 11.9. The van der Waals surface area contributed by atoms with Crippen molar-refractivity contribution >= 4 is 23.2 Å². The number of carbonyl (C=O) groups excluding carboxylic acids is 2. The van der Waals surface area contributed by atoms with Crippen LogP contribution in [0.3, 0.4) is 0 Å². The zero-order chi connectivity index (χ0) is 21.2. The SMILES string of the molecule is CC(=O)C1(C(C)=O)Oc2ccc(CC(C)NCC(O)c3cccc(Cl)c3)cc2O1. The molecular weight excluding hydrogens is 394 g/mol. The average Bonchev–Trinajstić information content (AvgIpc) is 3.06. The second-order valence-electron chi connectivity index (χ2n) is 7.30. The van der Waals surface area contributed by atoms with Gasteiger partial charge in [-0.1, -0.05) is 29.8 Å². The Balaban J connectivity index is 1.61. The Kier molecular flexibility index (Phi) is 6.27. The minimum absolute atomic E-state index is 0.0644. The highest BCUT2D eigenvalue weighted by atomic mass is 35.5. The van der Waals surface area contributed by atoms with Gasteiger partial charge in [0, 0.05) is 31.5 Å². The molecule has 7 heteroatoms. The lowest BCUT2D eigenvalue weighted by atomic mass is 10.1. The van der Waals surface area contributed by atoms with E-state index in [-0.39, 0.29) is 6.04 Å². The van der Waals surface area contributed by atoms with E-state index in [1.165, 1.54) is 13.8 Å². The minimum Gasteiger partial charge on any atom is -0.436 e. The van der Waals surface area contributed by atoms with Gasteiger partial charge in [-0.15, -0.1) is 0 Å². The van der Waals surface area contributed by atoms with E-state index in [1.54, 1.807) is 30.3 Å². The molecule has 3 rings (SSSR count). The minimum atomic E-state index is -1.88. The Morgan fingerprint density at radius 2 is 1.79 bits per heavy atom. The van der Waals surface area contributed by atoms with Gasteiger partial charge in [-0.2, -0.15) is 0 Å². The number of fused-ring (bicyclic) bond motifs is 1. The molecule has 2 aromatic carbocycles. The van der Waals surface area contributed by atoms with Gasteiger partial charge in [0.1, 0.15) is 0 Å². The first kappa shape index (κ1) is 21.3. The summed E-state index contributed by atoms with van der Waals surface area (Å²) in [5.41, 5.74) is 1.71. The molecule has 1 aliphatic heterocycles. The molecule has 0 aromatic heterocycles. The van der Waals surface area contributed by atoms with Gasteiger partial charge in [-0.25, -0.2) is 0 Å². The molecule has 0 radical (unpaired) electrons. The quantitative estimate of drug-likeness (QED) is 0.641. The van der Waals surface area contributed by atoms with Crippen LogP contribution < -0.4 is 14.8 Å². The van der Waals surface area contributed by atoms with Crippen LogP contribution in [0.1, 0.15) is 38.0 Å². The van der Waals surface area contributed by atoms with E-state index in [4.69, 9.17) is 21.1 Å². The van der Waals surface area contributed by atoms with Gasteiger partial charge < -0.3 is 19.9 Å². The number of benzene rings is 2. The van der Waals surface area contributed by atoms with Crippen molar-refractivity contribution in [1.82, 2.24) is 5.32 Å². The van der Waals surface area contributed by atoms with Gasteiger partial charge in [0.15, 0.2) is 11.5 Å². The van der Waals surface area contributed by atoms with Crippen LogP contribution in [0.4, 0.5) is 0 Å². The van der Waals surface area contributed by atoms with Gasteiger partial charge in [0.05, 0.1) is 6.10 Å². The molecule has 1 aliphatic rings. The fourth-order valence-corrected chi connectivity index (χ4v) is 3.48. The summed E-state index contributed by atoms with van der Waals surface area (Å²) >= 11 is 5.97. The number of carbonyl (C=O) groups is 2. The van der Waals surface area contributed by atoms with Crippen molar-refractivity contribution < 1.29 is 24.2 Å². The van der Waals surface area contributed by atoms with E-state index in [0.29, 0.717) is 29.5 Å². The number of halogens is 1. The lowest BCUT2D eigenvalue weighted by Crippen LogP contribution is -2.51. The van der Waals surface area contributed by atoms with Crippen molar-refractivity contribution in [2.24, 2.45) is 0 Å². The Morgan fingerprint density at radius 1 is 1.10 bits per heavy atom. The number of rotatable bonds is 8. The number of hydrogen-bond donors (Lipinski definition) is 2. The molecule has 2 N–H and O–H groups in total. The van der Waals surface area contributed by atoms with Crippen molar-refractivity contribution in [3.63, 3.8) is 0 Å². The van der Waals surface area contributed by atoms with E-state index in [2.05, 4.69) is 5.32 Å². The highest BCUT2D eigenvalue weighted by molar-refractivity contribution is 6.30. The highest BCUT2D eigenvalue weighted by Crippen LogP contribution is 2.41. The normalized spacial score (nSPS) is 16.3. The molecule has 2 aromatic rings. The summed E-state index contributed by atoms with van der Waals surface area (Å²) in [6, 6.07) is 12.5. The Hall–Kier alpha value is -2.41. The maximum atomic E-state index is 11.9. The van der Waals surface area contributed by atoms with Crippen LogP contribution in [0.5, 0.6) is 11.5 Å². The number of ether oxygens (including phenoxy) is 2. The van der Waals surface area contributed by atoms with Crippen molar-refractivity contribution in [3.8, 4) is 11.5 Å². The number of Topliss-reactive ketones (excluding diaryl/α,β-unsaturated/α-hetero) is 2. The third-order valence-corrected chi connectivity index (χ3v) is 5.11. The molecule has 0 bridgehead atoms. The number of nitrogens with one attached hydrogen (secondary N) is 1. The Morgan fingerprint density at radius 3 is 2.45 bits per heavy atom. The topological polar surface area (TPSA) is 84.9 Å². The summed E-state index contributed by atoms with van der Waals surface area (Å²) in [7, 11) is 0. The average molecular weight is 418 g/mol. The molecule has 6 nitrogen and oxygen atoms in total. The van der Waals surface area contributed by atoms with Gasteiger partial charge in [-0.05, 0) is 48.7 Å². The van der Waals surface area contributed by atoms with E-state index in [1.807, 2.05) is 19.1 Å². The molecule has 0 saturated carbocycles. The van der Waals surface area contributed by atoms with E-state index >= 15 is 0 Å². The number of ketones is 2. The number of aliphatic hydroxyl groups excluding tert-OH is 1. The molecule has 0 amide bonds. The van der Waals surface area contributed by atoms with Crippen LogP contribution >= 0.6 is 11.6 Å². The summed E-state index contributed by atoms with van der Waals surface area (Å²) < 4.78 is 11.1. The van der Waals surface area contributed by atoms with Gasteiger partial charge in [0.25, 0.3) is 0 Å². The molecule has 0 saturated heterocycles. The van der Waals surface area contributed by atoms with Crippen LogP contribution in [-0.2, 0) is 16.0 Å². The zero-order valence-corrected chi connectivity index (χ0v) is 17.3. The first-order valence-corrected chi connectivity index (χ1v) is 9.79. The summed E-state index contributed by atoms with van der Waals surface area (Å²) in [6.07, 6.45) is -0.00821. The van der Waals surface area contributed by atoms with Crippen LogP contribution in [0.2, 0.25) is 5.02 Å².